The molecule has 0 aliphatic heterocycles. The SMILES string of the molecule is COc1cc(C)c(C=Nc2ccc(C)cc2)cc1OC. The zero-order valence-electron chi connectivity index (χ0n) is 12.3. The second kappa shape index (κ2) is 6.24. The molecule has 0 spiro atoms. The number of hydrogen-bond donors (Lipinski definition) is 0. The Morgan fingerprint density at radius 1 is 0.900 bits per heavy atom. The molecule has 0 fully saturated rings. The standard InChI is InChI=1S/C17H19NO2/c1-12-5-7-15(8-6-12)18-11-14-10-17(20-4)16(19-3)9-13(14)2/h5-11H,1-4H3. The molecule has 3 nitrogen and oxygen atoms in total. The van der Waals surface area contributed by atoms with Crippen molar-refractivity contribution in [2.24, 2.45) is 4.99 Å². The quantitative estimate of drug-likeness (QED) is 0.783. The van der Waals surface area contributed by atoms with Crippen molar-refractivity contribution < 1.29 is 9.47 Å². The molecule has 0 atom stereocenters. The third-order valence-electron chi connectivity index (χ3n) is 3.16. The maximum absolute atomic E-state index is 5.31. The maximum Gasteiger partial charge on any atom is 0.161 e. The van der Waals surface area contributed by atoms with E-state index in [1.807, 2.05) is 49.5 Å². The minimum atomic E-state index is 0.712. The van der Waals surface area contributed by atoms with Gasteiger partial charge in [0.25, 0.3) is 0 Å². The van der Waals surface area contributed by atoms with E-state index < -0.39 is 0 Å². The zero-order chi connectivity index (χ0) is 14.5. The van der Waals surface area contributed by atoms with Crippen LogP contribution in [0.1, 0.15) is 16.7 Å². The molecular weight excluding hydrogens is 250 g/mol. The highest BCUT2D eigenvalue weighted by molar-refractivity contribution is 5.85. The fourth-order valence-corrected chi connectivity index (χ4v) is 1.91. The van der Waals surface area contributed by atoms with Crippen molar-refractivity contribution in [1.82, 2.24) is 0 Å². The van der Waals surface area contributed by atoms with Gasteiger partial charge in [-0.1, -0.05) is 17.7 Å². The molecule has 0 bridgehead atoms. The predicted molar refractivity (Wildman–Crippen MR) is 82.7 cm³/mol. The van der Waals surface area contributed by atoms with Gasteiger partial charge in [-0.15, -0.1) is 0 Å². The van der Waals surface area contributed by atoms with Gasteiger partial charge in [0.1, 0.15) is 0 Å². The normalized spacial score (nSPS) is 10.8. The zero-order valence-corrected chi connectivity index (χ0v) is 12.3. The van der Waals surface area contributed by atoms with E-state index in [4.69, 9.17) is 9.47 Å². The van der Waals surface area contributed by atoms with Crippen LogP contribution in [0.5, 0.6) is 11.5 Å². The molecule has 0 heterocycles. The van der Waals surface area contributed by atoms with E-state index in [-0.39, 0.29) is 0 Å². The monoisotopic (exact) mass is 269 g/mol. The maximum atomic E-state index is 5.31. The number of ether oxygens (including phenoxy) is 2. The lowest BCUT2D eigenvalue weighted by molar-refractivity contribution is 0.354. The Hall–Kier alpha value is -2.29. The molecule has 0 saturated carbocycles. The van der Waals surface area contributed by atoms with Crippen LogP contribution in [-0.2, 0) is 0 Å². The summed E-state index contributed by atoms with van der Waals surface area (Å²) in [4.78, 5) is 4.49. The van der Waals surface area contributed by atoms with Gasteiger partial charge in [0.15, 0.2) is 11.5 Å². The molecule has 0 aromatic heterocycles. The van der Waals surface area contributed by atoms with Crippen LogP contribution >= 0.6 is 0 Å². The van der Waals surface area contributed by atoms with Crippen LogP contribution in [0.25, 0.3) is 0 Å². The van der Waals surface area contributed by atoms with Crippen molar-refractivity contribution >= 4 is 11.9 Å². The van der Waals surface area contributed by atoms with Crippen LogP contribution in [0.15, 0.2) is 41.4 Å². The lowest BCUT2D eigenvalue weighted by Gasteiger charge is -2.10. The number of nitrogens with zero attached hydrogens (tertiary/aromatic N) is 1. The molecule has 0 amide bonds. The first-order valence-electron chi connectivity index (χ1n) is 6.47. The number of benzene rings is 2. The summed E-state index contributed by atoms with van der Waals surface area (Å²) in [6.45, 7) is 4.09. The first-order chi connectivity index (χ1) is 9.63. The van der Waals surface area contributed by atoms with E-state index in [2.05, 4.69) is 11.9 Å². The molecule has 20 heavy (non-hydrogen) atoms. The van der Waals surface area contributed by atoms with Crippen LogP contribution in [0.2, 0.25) is 0 Å². The average Bonchev–Trinajstić information content (AvgIpc) is 2.47. The largest absolute Gasteiger partial charge is 0.493 e. The van der Waals surface area contributed by atoms with Crippen LogP contribution in [0.4, 0.5) is 5.69 Å². The second-order valence-electron chi connectivity index (χ2n) is 4.66. The summed E-state index contributed by atoms with van der Waals surface area (Å²) in [5, 5.41) is 0. The lowest BCUT2D eigenvalue weighted by Crippen LogP contribution is -1.95. The Morgan fingerprint density at radius 3 is 2.10 bits per heavy atom. The summed E-state index contributed by atoms with van der Waals surface area (Å²) in [5.74, 6) is 1.45. The number of hydrogen-bond acceptors (Lipinski definition) is 3. The molecule has 2 rings (SSSR count). The van der Waals surface area contributed by atoms with Crippen LogP contribution in [0, 0.1) is 13.8 Å². The van der Waals surface area contributed by atoms with E-state index in [0.717, 1.165) is 22.6 Å². The lowest BCUT2D eigenvalue weighted by atomic mass is 10.1. The average molecular weight is 269 g/mol. The molecule has 0 saturated heterocycles. The Bertz CT molecular complexity index is 616. The highest BCUT2D eigenvalue weighted by Crippen LogP contribution is 2.29. The predicted octanol–water partition coefficient (Wildman–Crippen LogP) is 4.07. The first-order valence-corrected chi connectivity index (χ1v) is 6.47. The van der Waals surface area contributed by atoms with Gasteiger partial charge >= 0.3 is 0 Å². The summed E-state index contributed by atoms with van der Waals surface area (Å²) in [6, 6.07) is 12.0. The Kier molecular flexibility index (Phi) is 4.41. The van der Waals surface area contributed by atoms with Gasteiger partial charge < -0.3 is 9.47 Å². The summed E-state index contributed by atoms with van der Waals surface area (Å²) < 4.78 is 10.6. The number of aryl methyl sites for hydroxylation is 2. The summed E-state index contributed by atoms with van der Waals surface area (Å²) >= 11 is 0. The van der Waals surface area contributed by atoms with Crippen LogP contribution in [-0.4, -0.2) is 20.4 Å². The van der Waals surface area contributed by atoms with E-state index in [1.54, 1.807) is 14.2 Å². The number of rotatable bonds is 4. The Morgan fingerprint density at radius 2 is 1.50 bits per heavy atom. The molecule has 0 unspecified atom stereocenters. The first kappa shape index (κ1) is 14.1. The van der Waals surface area contributed by atoms with Gasteiger partial charge in [-0.3, -0.25) is 4.99 Å². The summed E-state index contributed by atoms with van der Waals surface area (Å²) in [7, 11) is 3.27. The Labute approximate surface area is 119 Å². The van der Waals surface area contributed by atoms with E-state index in [1.165, 1.54) is 5.56 Å². The fourth-order valence-electron chi connectivity index (χ4n) is 1.91. The topological polar surface area (TPSA) is 30.8 Å². The van der Waals surface area contributed by atoms with Gasteiger partial charge in [-0.25, -0.2) is 0 Å². The highest BCUT2D eigenvalue weighted by Gasteiger charge is 2.06. The molecule has 0 aliphatic rings. The van der Waals surface area contributed by atoms with Gasteiger partial charge in [0.05, 0.1) is 19.9 Å². The van der Waals surface area contributed by atoms with Crippen molar-refractivity contribution in [2.75, 3.05) is 14.2 Å². The van der Waals surface area contributed by atoms with Crippen molar-refractivity contribution in [3.63, 3.8) is 0 Å². The van der Waals surface area contributed by atoms with Gasteiger partial charge in [0, 0.05) is 6.21 Å². The fraction of sp³-hybridized carbons (Fsp3) is 0.235. The third-order valence-corrected chi connectivity index (χ3v) is 3.16. The van der Waals surface area contributed by atoms with E-state index in [0.29, 0.717) is 5.75 Å². The van der Waals surface area contributed by atoms with Crippen molar-refractivity contribution in [3.05, 3.63) is 53.1 Å². The minimum Gasteiger partial charge on any atom is -0.493 e. The third kappa shape index (κ3) is 3.18. The number of methoxy groups -OCH3 is 2. The van der Waals surface area contributed by atoms with Crippen molar-refractivity contribution in [3.8, 4) is 11.5 Å². The van der Waals surface area contributed by atoms with Crippen molar-refractivity contribution in [2.45, 2.75) is 13.8 Å². The van der Waals surface area contributed by atoms with Crippen LogP contribution < -0.4 is 9.47 Å². The highest BCUT2D eigenvalue weighted by atomic mass is 16.5. The summed E-state index contributed by atoms with van der Waals surface area (Å²) in [6.07, 6.45) is 1.85. The molecular formula is C17H19NO2. The minimum absolute atomic E-state index is 0.712. The summed E-state index contributed by atoms with van der Waals surface area (Å²) in [5.41, 5.74) is 4.28. The van der Waals surface area contributed by atoms with Gasteiger partial charge in [0.2, 0.25) is 0 Å². The molecule has 0 N–H and O–H groups in total. The Balaban J connectivity index is 2.31. The second-order valence-corrected chi connectivity index (χ2v) is 4.66. The molecule has 2 aromatic carbocycles. The van der Waals surface area contributed by atoms with E-state index >= 15 is 0 Å². The van der Waals surface area contributed by atoms with Crippen LogP contribution in [0.3, 0.4) is 0 Å². The van der Waals surface area contributed by atoms with E-state index in [9.17, 15) is 0 Å². The molecule has 2 aromatic rings. The smallest absolute Gasteiger partial charge is 0.161 e. The molecule has 0 radical (unpaired) electrons. The molecule has 0 aliphatic carbocycles. The molecule has 104 valence electrons. The van der Waals surface area contributed by atoms with Gasteiger partial charge in [-0.05, 0) is 49.2 Å². The molecule has 3 heteroatoms. The number of aliphatic imine (C=N–C) groups is 1. The van der Waals surface area contributed by atoms with Gasteiger partial charge in [-0.2, -0.15) is 0 Å². The van der Waals surface area contributed by atoms with Crippen molar-refractivity contribution in [1.29, 1.82) is 0 Å².